The molecule has 182 valence electrons. The van der Waals surface area contributed by atoms with Gasteiger partial charge in [0, 0.05) is 22.3 Å². The highest BCUT2D eigenvalue weighted by Crippen LogP contribution is 2.34. The highest BCUT2D eigenvalue weighted by Gasteiger charge is 2.27. The second-order valence-electron chi connectivity index (χ2n) is 11.1. The van der Waals surface area contributed by atoms with Gasteiger partial charge in [0.05, 0.1) is 17.8 Å². The third-order valence-corrected chi connectivity index (χ3v) is 7.69. The van der Waals surface area contributed by atoms with E-state index in [1.54, 1.807) is 0 Å². The van der Waals surface area contributed by atoms with Gasteiger partial charge in [0.25, 0.3) is 0 Å². The highest BCUT2D eigenvalue weighted by molar-refractivity contribution is 9.10. The normalized spacial score (nSPS) is 19.3. The van der Waals surface area contributed by atoms with Crippen LogP contribution in [0.15, 0.2) is 22.7 Å². The van der Waals surface area contributed by atoms with Gasteiger partial charge in [-0.2, -0.15) is 5.10 Å². The van der Waals surface area contributed by atoms with Crippen LogP contribution in [0.3, 0.4) is 0 Å². The number of aromatic nitrogens is 2. The lowest BCUT2D eigenvalue weighted by atomic mass is 9.86. The van der Waals surface area contributed by atoms with E-state index in [0.29, 0.717) is 12.5 Å². The summed E-state index contributed by atoms with van der Waals surface area (Å²) < 4.78 is 8.87. The van der Waals surface area contributed by atoms with E-state index in [0.717, 1.165) is 42.9 Å². The monoisotopic (exact) mass is 517 g/mol. The maximum absolute atomic E-state index is 12.2. The molecule has 2 fully saturated rings. The van der Waals surface area contributed by atoms with Crippen LogP contribution in [0.5, 0.6) is 0 Å². The van der Waals surface area contributed by atoms with Crippen molar-refractivity contribution in [2.45, 2.75) is 96.6 Å². The standard InChI is InChI=1S/C27H40BrN3O2/c1-27(2,3)33-25(32)19-30-16-13-21(14-17-30)26-23-12-11-22(28)18-24(23)31(29-26)15-7-10-20-8-5-4-6-9-20/h11-12,18,20-21H,4-10,13-17,19H2,1-3H3. The predicted octanol–water partition coefficient (Wildman–Crippen LogP) is 6.68. The Labute approximate surface area is 207 Å². The van der Waals surface area contributed by atoms with Gasteiger partial charge < -0.3 is 4.74 Å². The number of halogens is 1. The summed E-state index contributed by atoms with van der Waals surface area (Å²) in [6.45, 7) is 8.98. The maximum Gasteiger partial charge on any atom is 0.320 e. The number of carbonyl (C=O) groups is 1. The number of nitrogens with zero attached hydrogens (tertiary/aromatic N) is 3. The Morgan fingerprint density at radius 2 is 1.85 bits per heavy atom. The molecule has 2 aromatic rings. The number of piperidine rings is 1. The van der Waals surface area contributed by atoms with Crippen LogP contribution >= 0.6 is 15.9 Å². The second kappa shape index (κ2) is 10.9. The first kappa shape index (κ1) is 24.7. The Hall–Kier alpha value is -1.40. The molecule has 1 aliphatic heterocycles. The molecule has 0 amide bonds. The number of aryl methyl sites for hydroxylation is 1. The first-order valence-electron chi connectivity index (χ1n) is 12.9. The second-order valence-corrected chi connectivity index (χ2v) is 12.0. The summed E-state index contributed by atoms with van der Waals surface area (Å²) in [7, 11) is 0. The molecule has 1 saturated carbocycles. The molecular weight excluding hydrogens is 478 g/mol. The number of fused-ring (bicyclic) bond motifs is 1. The number of esters is 1. The summed E-state index contributed by atoms with van der Waals surface area (Å²) >= 11 is 3.66. The van der Waals surface area contributed by atoms with E-state index in [1.165, 1.54) is 61.5 Å². The van der Waals surface area contributed by atoms with Crippen molar-refractivity contribution < 1.29 is 9.53 Å². The van der Waals surface area contributed by atoms with Crippen molar-refractivity contribution in [3.8, 4) is 0 Å². The average Bonchev–Trinajstić information content (AvgIpc) is 3.11. The summed E-state index contributed by atoms with van der Waals surface area (Å²) in [5.74, 6) is 1.24. The van der Waals surface area contributed by atoms with Crippen LogP contribution in [-0.2, 0) is 16.1 Å². The van der Waals surface area contributed by atoms with Crippen LogP contribution in [0.1, 0.15) is 90.2 Å². The Morgan fingerprint density at radius 1 is 1.12 bits per heavy atom. The van der Waals surface area contributed by atoms with Crippen molar-refractivity contribution in [2.24, 2.45) is 5.92 Å². The molecule has 0 unspecified atom stereocenters. The van der Waals surface area contributed by atoms with Crippen molar-refractivity contribution in [3.05, 3.63) is 28.4 Å². The molecule has 1 saturated heterocycles. The summed E-state index contributed by atoms with van der Waals surface area (Å²) in [5.41, 5.74) is 2.07. The number of hydrogen-bond acceptors (Lipinski definition) is 4. The Kier molecular flexibility index (Phi) is 8.16. The van der Waals surface area contributed by atoms with Crippen LogP contribution in [0, 0.1) is 5.92 Å². The van der Waals surface area contributed by atoms with Gasteiger partial charge in [-0.05, 0) is 83.7 Å². The maximum atomic E-state index is 12.2. The predicted molar refractivity (Wildman–Crippen MR) is 138 cm³/mol. The zero-order valence-corrected chi connectivity index (χ0v) is 22.2. The van der Waals surface area contributed by atoms with Crippen LogP contribution in [-0.4, -0.2) is 45.9 Å². The van der Waals surface area contributed by atoms with E-state index in [4.69, 9.17) is 9.84 Å². The van der Waals surface area contributed by atoms with Crippen LogP contribution in [0.4, 0.5) is 0 Å². The molecule has 1 aliphatic carbocycles. The van der Waals surface area contributed by atoms with Crippen LogP contribution < -0.4 is 0 Å². The summed E-state index contributed by atoms with van der Waals surface area (Å²) in [6, 6.07) is 6.59. The Bertz CT molecular complexity index is 935. The minimum atomic E-state index is -0.424. The van der Waals surface area contributed by atoms with E-state index >= 15 is 0 Å². The molecule has 0 radical (unpaired) electrons. The zero-order valence-electron chi connectivity index (χ0n) is 20.6. The smallest absolute Gasteiger partial charge is 0.320 e. The zero-order chi connectivity index (χ0) is 23.4. The largest absolute Gasteiger partial charge is 0.459 e. The SMILES string of the molecule is CC(C)(C)OC(=O)CN1CCC(c2nn(CCCC3CCCCC3)c3cc(Br)ccc23)CC1. The van der Waals surface area contributed by atoms with Crippen molar-refractivity contribution in [1.29, 1.82) is 0 Å². The van der Waals surface area contributed by atoms with E-state index in [2.05, 4.69) is 43.7 Å². The fraction of sp³-hybridized carbons (Fsp3) is 0.704. The average molecular weight is 519 g/mol. The number of benzene rings is 1. The number of rotatable bonds is 7. The minimum absolute atomic E-state index is 0.126. The van der Waals surface area contributed by atoms with Crippen LogP contribution in [0.2, 0.25) is 0 Å². The van der Waals surface area contributed by atoms with Gasteiger partial charge in [-0.15, -0.1) is 0 Å². The van der Waals surface area contributed by atoms with E-state index in [9.17, 15) is 4.79 Å². The molecule has 0 spiro atoms. The van der Waals surface area contributed by atoms with Crippen molar-refractivity contribution >= 4 is 32.8 Å². The molecular formula is C27H40BrN3O2. The molecule has 2 heterocycles. The van der Waals surface area contributed by atoms with Gasteiger partial charge in [-0.1, -0.05) is 48.0 Å². The number of carbonyl (C=O) groups excluding carboxylic acids is 1. The third-order valence-electron chi connectivity index (χ3n) is 7.20. The number of hydrogen-bond donors (Lipinski definition) is 0. The number of likely N-dealkylation sites (tertiary alicyclic amines) is 1. The molecule has 0 atom stereocenters. The molecule has 0 N–H and O–H groups in total. The van der Waals surface area contributed by atoms with Crippen LogP contribution in [0.25, 0.3) is 10.9 Å². The number of ether oxygens (including phenoxy) is 1. The molecule has 2 aliphatic rings. The summed E-state index contributed by atoms with van der Waals surface area (Å²) in [4.78, 5) is 14.4. The molecule has 6 heteroatoms. The molecule has 0 bridgehead atoms. The van der Waals surface area contributed by atoms with E-state index in [-0.39, 0.29) is 5.97 Å². The third kappa shape index (κ3) is 6.82. The summed E-state index contributed by atoms with van der Waals surface area (Å²) in [5, 5.41) is 6.45. The van der Waals surface area contributed by atoms with Gasteiger partial charge in [0.1, 0.15) is 5.60 Å². The lowest BCUT2D eigenvalue weighted by Gasteiger charge is -2.31. The van der Waals surface area contributed by atoms with Crippen molar-refractivity contribution in [2.75, 3.05) is 19.6 Å². The molecule has 4 rings (SSSR count). The van der Waals surface area contributed by atoms with Gasteiger partial charge in [-0.25, -0.2) is 0 Å². The van der Waals surface area contributed by atoms with E-state index in [1.807, 2.05) is 20.8 Å². The lowest BCUT2D eigenvalue weighted by molar-refractivity contribution is -0.156. The lowest BCUT2D eigenvalue weighted by Crippen LogP contribution is -2.39. The van der Waals surface area contributed by atoms with Crippen molar-refractivity contribution in [1.82, 2.24) is 14.7 Å². The first-order chi connectivity index (χ1) is 15.8. The quantitative estimate of drug-likeness (QED) is 0.384. The van der Waals surface area contributed by atoms with Crippen molar-refractivity contribution in [3.63, 3.8) is 0 Å². The topological polar surface area (TPSA) is 47.4 Å². The van der Waals surface area contributed by atoms with Gasteiger partial charge in [-0.3, -0.25) is 14.4 Å². The van der Waals surface area contributed by atoms with Gasteiger partial charge in [0.2, 0.25) is 0 Å². The Morgan fingerprint density at radius 3 is 2.55 bits per heavy atom. The summed E-state index contributed by atoms with van der Waals surface area (Å²) in [6.07, 6.45) is 11.7. The molecule has 5 nitrogen and oxygen atoms in total. The van der Waals surface area contributed by atoms with E-state index < -0.39 is 5.60 Å². The Balaban J connectivity index is 1.39. The minimum Gasteiger partial charge on any atom is -0.459 e. The van der Waals surface area contributed by atoms with Gasteiger partial charge >= 0.3 is 5.97 Å². The van der Waals surface area contributed by atoms with Gasteiger partial charge in [0.15, 0.2) is 0 Å². The first-order valence-corrected chi connectivity index (χ1v) is 13.7. The fourth-order valence-corrected chi connectivity index (χ4v) is 5.92. The molecule has 1 aromatic carbocycles. The fourth-order valence-electron chi connectivity index (χ4n) is 5.57. The molecule has 1 aromatic heterocycles. The highest BCUT2D eigenvalue weighted by atomic mass is 79.9. The molecule has 33 heavy (non-hydrogen) atoms.